The maximum absolute atomic E-state index is 5.48. The zero-order valence-corrected chi connectivity index (χ0v) is 10.7. The fourth-order valence-electron chi connectivity index (χ4n) is 2.52. The summed E-state index contributed by atoms with van der Waals surface area (Å²) in [5.74, 6) is 2.50. The van der Waals surface area contributed by atoms with Crippen molar-refractivity contribution >= 4 is 5.82 Å². The van der Waals surface area contributed by atoms with E-state index in [2.05, 4.69) is 24.1 Å². The molecular formula is C13H19N3O. The van der Waals surface area contributed by atoms with Gasteiger partial charge in [-0.3, -0.25) is 0 Å². The molecule has 1 atom stereocenters. The van der Waals surface area contributed by atoms with Crippen LogP contribution in [0.4, 0.5) is 5.82 Å². The molecule has 0 aromatic carbocycles. The number of anilines is 1. The minimum absolute atomic E-state index is 0.379. The van der Waals surface area contributed by atoms with Crippen LogP contribution in [0.1, 0.15) is 43.3 Å². The number of nitrogens with zero attached hydrogens (tertiary/aromatic N) is 2. The summed E-state index contributed by atoms with van der Waals surface area (Å²) in [5, 5.41) is 3.17. The van der Waals surface area contributed by atoms with Crippen LogP contribution in [0.3, 0.4) is 0 Å². The molecule has 17 heavy (non-hydrogen) atoms. The lowest BCUT2D eigenvalue weighted by Gasteiger charge is -2.19. The Morgan fingerprint density at radius 3 is 2.76 bits per heavy atom. The molecule has 1 saturated carbocycles. The first-order valence-electron chi connectivity index (χ1n) is 6.27. The van der Waals surface area contributed by atoms with Gasteiger partial charge in [-0.25, -0.2) is 9.97 Å². The van der Waals surface area contributed by atoms with Crippen molar-refractivity contribution in [2.45, 2.75) is 39.2 Å². The maximum Gasteiger partial charge on any atom is 0.135 e. The lowest BCUT2D eigenvalue weighted by Crippen LogP contribution is -2.17. The smallest absolute Gasteiger partial charge is 0.135 e. The van der Waals surface area contributed by atoms with Crippen molar-refractivity contribution in [2.75, 3.05) is 19.0 Å². The summed E-state index contributed by atoms with van der Waals surface area (Å²) in [6.45, 7) is 5.98. The van der Waals surface area contributed by atoms with Crippen LogP contribution in [0, 0.1) is 5.41 Å². The fraction of sp³-hybridized carbons (Fsp3) is 0.692. The van der Waals surface area contributed by atoms with Crippen molar-refractivity contribution in [2.24, 2.45) is 5.41 Å². The summed E-state index contributed by atoms with van der Waals surface area (Å²) in [5.41, 5.74) is 2.69. The number of hydrogen-bond donors (Lipinski definition) is 1. The molecule has 4 heteroatoms. The number of hydrogen-bond acceptors (Lipinski definition) is 4. The molecule has 3 rings (SSSR count). The summed E-state index contributed by atoms with van der Waals surface area (Å²) in [4.78, 5) is 9.41. The molecule has 0 radical (unpaired) electrons. The topological polar surface area (TPSA) is 47.0 Å². The molecule has 1 aromatic rings. The minimum Gasteiger partial charge on any atom is -0.376 e. The van der Waals surface area contributed by atoms with E-state index in [1.54, 1.807) is 0 Å². The van der Waals surface area contributed by atoms with Crippen molar-refractivity contribution in [3.63, 3.8) is 0 Å². The standard InChI is InChI=1S/C13H19N3O/c1-13(2)6-9(13)12-15-10-4-5-17-7-8(10)11(14-3)16-12/h9H,4-7H2,1-3H3,(H,14,15,16). The van der Waals surface area contributed by atoms with Gasteiger partial charge in [0, 0.05) is 24.9 Å². The normalized spacial score (nSPS) is 25.2. The maximum atomic E-state index is 5.48. The minimum atomic E-state index is 0.379. The van der Waals surface area contributed by atoms with E-state index >= 15 is 0 Å². The van der Waals surface area contributed by atoms with Crippen molar-refractivity contribution in [1.29, 1.82) is 0 Å². The Labute approximate surface area is 102 Å². The van der Waals surface area contributed by atoms with E-state index in [9.17, 15) is 0 Å². The first kappa shape index (κ1) is 11.0. The van der Waals surface area contributed by atoms with E-state index in [-0.39, 0.29) is 0 Å². The van der Waals surface area contributed by atoms with Gasteiger partial charge in [0.05, 0.1) is 18.9 Å². The van der Waals surface area contributed by atoms with Gasteiger partial charge in [-0.15, -0.1) is 0 Å². The first-order valence-corrected chi connectivity index (χ1v) is 6.27. The van der Waals surface area contributed by atoms with E-state index in [1.807, 2.05) is 7.05 Å². The van der Waals surface area contributed by atoms with Gasteiger partial charge in [-0.2, -0.15) is 0 Å². The van der Waals surface area contributed by atoms with Crippen molar-refractivity contribution in [3.05, 3.63) is 17.1 Å². The molecule has 0 amide bonds. The summed E-state index contributed by atoms with van der Waals surface area (Å²) in [7, 11) is 1.92. The highest BCUT2D eigenvalue weighted by atomic mass is 16.5. The molecule has 2 heterocycles. The Bertz CT molecular complexity index is 439. The molecule has 0 bridgehead atoms. The zero-order chi connectivity index (χ0) is 12.0. The average Bonchev–Trinajstić information content (AvgIpc) is 2.97. The molecule has 1 fully saturated rings. The second-order valence-corrected chi connectivity index (χ2v) is 5.65. The quantitative estimate of drug-likeness (QED) is 0.849. The van der Waals surface area contributed by atoms with Gasteiger partial charge in [0.2, 0.25) is 0 Å². The van der Waals surface area contributed by atoms with Crippen molar-refractivity contribution < 1.29 is 4.74 Å². The van der Waals surface area contributed by atoms with Crippen LogP contribution in [0.2, 0.25) is 0 Å². The highest BCUT2D eigenvalue weighted by Crippen LogP contribution is 2.57. The number of fused-ring (bicyclic) bond motifs is 1. The summed E-state index contributed by atoms with van der Waals surface area (Å²) in [6, 6.07) is 0. The predicted octanol–water partition coefficient (Wildman–Crippen LogP) is 2.10. The van der Waals surface area contributed by atoms with Gasteiger partial charge in [-0.05, 0) is 11.8 Å². The van der Waals surface area contributed by atoms with Gasteiger partial charge in [0.1, 0.15) is 11.6 Å². The monoisotopic (exact) mass is 233 g/mol. The second kappa shape index (κ2) is 3.67. The van der Waals surface area contributed by atoms with Crippen LogP contribution in [-0.4, -0.2) is 23.6 Å². The summed E-state index contributed by atoms with van der Waals surface area (Å²) >= 11 is 0. The highest BCUT2D eigenvalue weighted by Gasteiger charge is 2.49. The molecule has 0 saturated heterocycles. The van der Waals surface area contributed by atoms with E-state index in [1.165, 1.54) is 12.1 Å². The second-order valence-electron chi connectivity index (χ2n) is 5.65. The van der Waals surface area contributed by atoms with Crippen LogP contribution < -0.4 is 5.32 Å². The van der Waals surface area contributed by atoms with E-state index in [0.29, 0.717) is 17.9 Å². The van der Waals surface area contributed by atoms with E-state index in [4.69, 9.17) is 9.72 Å². The first-order chi connectivity index (χ1) is 8.12. The Morgan fingerprint density at radius 2 is 2.12 bits per heavy atom. The average molecular weight is 233 g/mol. The molecule has 92 valence electrons. The predicted molar refractivity (Wildman–Crippen MR) is 66.1 cm³/mol. The molecule has 2 aliphatic rings. The lowest BCUT2D eigenvalue weighted by molar-refractivity contribution is 0.109. The number of rotatable bonds is 2. The van der Waals surface area contributed by atoms with Gasteiger partial charge >= 0.3 is 0 Å². The number of nitrogens with one attached hydrogen (secondary N) is 1. The molecular weight excluding hydrogens is 214 g/mol. The molecule has 4 nitrogen and oxygen atoms in total. The van der Waals surface area contributed by atoms with Crippen molar-refractivity contribution in [3.8, 4) is 0 Å². The van der Waals surface area contributed by atoms with Gasteiger partial charge in [0.25, 0.3) is 0 Å². The Kier molecular flexibility index (Phi) is 2.36. The summed E-state index contributed by atoms with van der Waals surface area (Å²) in [6.07, 6.45) is 2.11. The third-order valence-electron chi connectivity index (χ3n) is 3.90. The van der Waals surface area contributed by atoms with Crippen LogP contribution in [0.15, 0.2) is 0 Å². The summed E-state index contributed by atoms with van der Waals surface area (Å²) < 4.78 is 5.48. The third-order valence-corrected chi connectivity index (χ3v) is 3.90. The van der Waals surface area contributed by atoms with Crippen LogP contribution in [-0.2, 0) is 17.8 Å². The largest absolute Gasteiger partial charge is 0.376 e. The lowest BCUT2D eigenvalue weighted by atomic mass is 10.1. The molecule has 0 spiro atoms. The van der Waals surface area contributed by atoms with Crippen molar-refractivity contribution in [1.82, 2.24) is 9.97 Å². The van der Waals surface area contributed by atoms with Crippen LogP contribution in [0.25, 0.3) is 0 Å². The molecule has 1 aliphatic carbocycles. The SMILES string of the molecule is CNc1nc(C2CC2(C)C)nc2c1COCC2. The van der Waals surface area contributed by atoms with Gasteiger partial charge in [-0.1, -0.05) is 13.8 Å². The fourth-order valence-corrected chi connectivity index (χ4v) is 2.52. The Morgan fingerprint density at radius 1 is 1.35 bits per heavy atom. The van der Waals surface area contributed by atoms with Crippen LogP contribution in [0.5, 0.6) is 0 Å². The molecule has 1 aliphatic heterocycles. The third kappa shape index (κ3) is 1.80. The Balaban J connectivity index is 2.01. The number of ether oxygens (including phenoxy) is 1. The highest BCUT2D eigenvalue weighted by molar-refractivity contribution is 5.47. The molecule has 1 N–H and O–H groups in total. The molecule has 1 aromatic heterocycles. The van der Waals surface area contributed by atoms with Crippen LogP contribution >= 0.6 is 0 Å². The number of aromatic nitrogens is 2. The van der Waals surface area contributed by atoms with E-state index in [0.717, 1.165) is 30.2 Å². The molecule has 1 unspecified atom stereocenters. The van der Waals surface area contributed by atoms with Gasteiger partial charge in [0.15, 0.2) is 0 Å². The van der Waals surface area contributed by atoms with Gasteiger partial charge < -0.3 is 10.1 Å². The zero-order valence-electron chi connectivity index (χ0n) is 10.7. The Hall–Kier alpha value is -1.16. The van der Waals surface area contributed by atoms with E-state index < -0.39 is 0 Å².